The molecule has 30 heavy (non-hydrogen) atoms. The molecular formula is C24H37LiO5. The van der Waals surface area contributed by atoms with E-state index in [4.69, 9.17) is 9.84 Å². The van der Waals surface area contributed by atoms with E-state index in [1.165, 1.54) is 76.4 Å². The van der Waals surface area contributed by atoms with Gasteiger partial charge in [0.25, 0.3) is 0 Å². The van der Waals surface area contributed by atoms with Crippen molar-refractivity contribution in [2.24, 2.45) is 11.8 Å². The second-order valence-electron chi connectivity index (χ2n) is 7.37. The van der Waals surface area contributed by atoms with Crippen molar-refractivity contribution in [3.05, 3.63) is 48.6 Å². The summed E-state index contributed by atoms with van der Waals surface area (Å²) >= 11 is 0. The SMILES string of the molecule is CCOC(=O)/C=C/C=C/C1CCCCC1.O=C(O)/C=C/C=C/C1CCCCC1.[Li+].[OH-]. The van der Waals surface area contributed by atoms with Gasteiger partial charge in [-0.1, -0.05) is 75.0 Å². The van der Waals surface area contributed by atoms with E-state index < -0.39 is 5.97 Å². The maximum Gasteiger partial charge on any atom is 1.00 e. The number of hydrogen-bond acceptors (Lipinski definition) is 4. The maximum absolute atomic E-state index is 11.0. The van der Waals surface area contributed by atoms with Crippen molar-refractivity contribution in [2.75, 3.05) is 6.61 Å². The number of esters is 1. The average Bonchev–Trinajstić information content (AvgIpc) is 2.71. The van der Waals surface area contributed by atoms with E-state index in [0.717, 1.165) is 0 Å². The van der Waals surface area contributed by atoms with E-state index in [-0.39, 0.29) is 30.3 Å². The molecule has 2 rings (SSSR count). The molecule has 0 unspecified atom stereocenters. The fraction of sp³-hybridized carbons (Fsp3) is 0.583. The van der Waals surface area contributed by atoms with Crippen LogP contribution in [0.3, 0.4) is 0 Å². The quantitative estimate of drug-likeness (QED) is 0.300. The second kappa shape index (κ2) is 20.7. The molecule has 0 aromatic rings. The Bertz CT molecular complexity index is 554. The summed E-state index contributed by atoms with van der Waals surface area (Å²) in [5, 5.41) is 8.33. The third-order valence-corrected chi connectivity index (χ3v) is 5.05. The fourth-order valence-corrected chi connectivity index (χ4v) is 3.56. The zero-order valence-electron chi connectivity index (χ0n) is 18.7. The van der Waals surface area contributed by atoms with Crippen LogP contribution in [0.4, 0.5) is 0 Å². The molecule has 164 valence electrons. The second-order valence-corrected chi connectivity index (χ2v) is 7.37. The van der Waals surface area contributed by atoms with Gasteiger partial charge in [-0.2, -0.15) is 0 Å². The summed E-state index contributed by atoms with van der Waals surface area (Å²) in [5.74, 6) is 0.247. The van der Waals surface area contributed by atoms with E-state index in [9.17, 15) is 9.59 Å². The van der Waals surface area contributed by atoms with Crippen LogP contribution in [0.2, 0.25) is 0 Å². The van der Waals surface area contributed by atoms with Crippen LogP contribution in [0, 0.1) is 11.8 Å². The first-order chi connectivity index (χ1) is 13.6. The van der Waals surface area contributed by atoms with Crippen LogP contribution < -0.4 is 18.9 Å². The number of carboxylic acids is 1. The van der Waals surface area contributed by atoms with Crippen LogP contribution in [0.1, 0.15) is 71.1 Å². The van der Waals surface area contributed by atoms with Crippen molar-refractivity contribution >= 4 is 11.9 Å². The number of carbonyl (C=O) groups is 2. The van der Waals surface area contributed by atoms with Gasteiger partial charge in [0.2, 0.25) is 0 Å². The first-order valence-electron chi connectivity index (χ1n) is 10.7. The zero-order chi connectivity index (χ0) is 20.5. The van der Waals surface area contributed by atoms with Gasteiger partial charge >= 0.3 is 30.8 Å². The van der Waals surface area contributed by atoms with Crippen LogP contribution >= 0.6 is 0 Å². The molecule has 0 bridgehead atoms. The minimum absolute atomic E-state index is 0. The number of rotatable bonds is 7. The molecule has 0 spiro atoms. The first kappa shape index (κ1) is 30.6. The number of carboxylic acid groups (broad SMARTS) is 1. The fourth-order valence-electron chi connectivity index (χ4n) is 3.56. The Morgan fingerprint density at radius 3 is 1.63 bits per heavy atom. The largest absolute Gasteiger partial charge is 1.00 e. The van der Waals surface area contributed by atoms with Crippen molar-refractivity contribution in [3.8, 4) is 0 Å². The van der Waals surface area contributed by atoms with Gasteiger partial charge in [-0.25, -0.2) is 9.59 Å². The molecule has 0 heterocycles. The minimum Gasteiger partial charge on any atom is -0.870 e. The molecule has 0 aromatic carbocycles. The average molecular weight is 412 g/mol. The Morgan fingerprint density at radius 1 is 0.800 bits per heavy atom. The summed E-state index contributed by atoms with van der Waals surface area (Å²) in [5.41, 5.74) is 0. The van der Waals surface area contributed by atoms with Crippen LogP contribution in [0.15, 0.2) is 48.6 Å². The summed E-state index contributed by atoms with van der Waals surface area (Å²) in [6, 6.07) is 0. The smallest absolute Gasteiger partial charge is 0.870 e. The van der Waals surface area contributed by atoms with Gasteiger partial charge in [0, 0.05) is 12.2 Å². The van der Waals surface area contributed by atoms with Crippen molar-refractivity contribution in [1.82, 2.24) is 0 Å². The third kappa shape index (κ3) is 17.3. The molecule has 0 atom stereocenters. The van der Waals surface area contributed by atoms with Gasteiger partial charge in [-0.3, -0.25) is 0 Å². The molecule has 2 N–H and O–H groups in total. The minimum atomic E-state index is -0.881. The Labute approximate surface area is 193 Å². The Hall–Kier alpha value is -1.54. The molecule has 2 saturated carbocycles. The van der Waals surface area contributed by atoms with E-state index >= 15 is 0 Å². The standard InChI is InChI=1S/C13H20O2.C11H16O2.Li.H2O/c1-2-15-13(14)11-7-6-10-12-8-4-3-5-9-12;12-11(13)9-5-4-8-10-6-2-1-3-7-10;;/h6-7,10-12H,2-5,8-9H2,1H3;4-5,8-10H,1-3,6-7H2,(H,12,13);;1H2/q;;+1;/p-1/b10-6+,11-7+;8-4+,9-5+;;. The molecule has 5 nitrogen and oxygen atoms in total. The summed E-state index contributed by atoms with van der Waals surface area (Å²) in [6.45, 7) is 2.25. The molecule has 0 amide bonds. The number of carbonyl (C=O) groups excluding carboxylic acids is 1. The van der Waals surface area contributed by atoms with Gasteiger partial charge < -0.3 is 15.3 Å². The van der Waals surface area contributed by atoms with E-state index in [0.29, 0.717) is 18.4 Å². The molecule has 2 aliphatic carbocycles. The van der Waals surface area contributed by atoms with Gasteiger partial charge in [0.05, 0.1) is 6.61 Å². The molecule has 6 heteroatoms. The van der Waals surface area contributed by atoms with Crippen molar-refractivity contribution in [3.63, 3.8) is 0 Å². The summed E-state index contributed by atoms with van der Waals surface area (Å²) in [4.78, 5) is 21.1. The first-order valence-corrected chi connectivity index (χ1v) is 10.7. The summed E-state index contributed by atoms with van der Waals surface area (Å²) < 4.78 is 4.77. The van der Waals surface area contributed by atoms with Crippen LogP contribution in [-0.2, 0) is 14.3 Å². The predicted molar refractivity (Wildman–Crippen MR) is 116 cm³/mol. The molecular weight excluding hydrogens is 375 g/mol. The van der Waals surface area contributed by atoms with Crippen LogP contribution in [-0.4, -0.2) is 29.1 Å². The molecule has 2 fully saturated rings. The zero-order valence-corrected chi connectivity index (χ0v) is 18.7. The number of aliphatic carboxylic acids is 1. The van der Waals surface area contributed by atoms with Crippen molar-refractivity contribution in [2.45, 2.75) is 71.1 Å². The topological polar surface area (TPSA) is 93.6 Å². The Morgan fingerprint density at radius 2 is 1.23 bits per heavy atom. The van der Waals surface area contributed by atoms with Gasteiger partial charge in [-0.15, -0.1) is 0 Å². The van der Waals surface area contributed by atoms with Gasteiger partial charge in [0.1, 0.15) is 0 Å². The summed E-state index contributed by atoms with van der Waals surface area (Å²) in [7, 11) is 0. The molecule has 0 saturated heterocycles. The number of allylic oxidation sites excluding steroid dienone is 6. The van der Waals surface area contributed by atoms with Crippen LogP contribution in [0.25, 0.3) is 0 Å². The maximum atomic E-state index is 11.0. The Balaban J connectivity index is 0. The number of hydrogen-bond donors (Lipinski definition) is 1. The Kier molecular flexibility index (Phi) is 21.2. The molecule has 2 aliphatic rings. The van der Waals surface area contributed by atoms with E-state index in [2.05, 4.69) is 12.2 Å². The monoisotopic (exact) mass is 412 g/mol. The van der Waals surface area contributed by atoms with Crippen LogP contribution in [0.5, 0.6) is 0 Å². The van der Waals surface area contributed by atoms with Crippen molar-refractivity contribution < 1.29 is 43.8 Å². The predicted octanol–water partition coefficient (Wildman–Crippen LogP) is 2.83. The van der Waals surface area contributed by atoms with Crippen molar-refractivity contribution in [1.29, 1.82) is 0 Å². The normalized spacial score (nSPS) is 18.0. The van der Waals surface area contributed by atoms with E-state index in [1.807, 2.05) is 19.1 Å². The third-order valence-electron chi connectivity index (χ3n) is 5.05. The molecule has 0 radical (unpaired) electrons. The van der Waals surface area contributed by atoms with E-state index in [1.54, 1.807) is 12.2 Å². The van der Waals surface area contributed by atoms with Gasteiger partial charge in [0.15, 0.2) is 0 Å². The number of ether oxygens (including phenoxy) is 1. The molecule has 0 aromatic heterocycles. The summed E-state index contributed by atoms with van der Waals surface area (Å²) in [6.07, 6.45) is 27.3. The molecule has 0 aliphatic heterocycles. The van der Waals surface area contributed by atoms with Gasteiger partial charge in [-0.05, 0) is 44.4 Å².